The number of aliphatic imine (C=N–C) groups is 1. The normalized spacial score (nSPS) is 21.7. The number of hydrogen-bond donors (Lipinski definition) is 2. The average molecular weight is 442 g/mol. The summed E-state index contributed by atoms with van der Waals surface area (Å²) in [5.74, 6) is -0.434. The minimum absolute atomic E-state index is 0.0379. The van der Waals surface area contributed by atoms with Gasteiger partial charge in [0, 0.05) is 31.8 Å². The summed E-state index contributed by atoms with van der Waals surface area (Å²) in [5, 5.41) is 15.0. The van der Waals surface area contributed by atoms with Crippen LogP contribution in [0.3, 0.4) is 0 Å². The fourth-order valence-electron chi connectivity index (χ4n) is 3.68. The maximum Gasteiger partial charge on any atom is 0.421 e. The Hall–Kier alpha value is -2.67. The highest BCUT2D eigenvalue weighted by atomic mass is 32.2. The number of amides is 3. The van der Waals surface area contributed by atoms with E-state index >= 15 is 0 Å². The summed E-state index contributed by atoms with van der Waals surface area (Å²) in [6, 6.07) is -1.79. The van der Waals surface area contributed by atoms with Crippen molar-refractivity contribution in [1.29, 1.82) is 0 Å². The molecule has 0 radical (unpaired) electrons. The molecule has 0 unspecified atom stereocenters. The zero-order valence-electron chi connectivity index (χ0n) is 17.5. The van der Waals surface area contributed by atoms with Gasteiger partial charge in [-0.1, -0.05) is 0 Å². The van der Waals surface area contributed by atoms with Crippen molar-refractivity contribution in [2.45, 2.75) is 44.9 Å². The Bertz CT molecular complexity index is 995. The van der Waals surface area contributed by atoms with Crippen LogP contribution < -0.4 is 4.72 Å². The monoisotopic (exact) mass is 442 g/mol. The van der Waals surface area contributed by atoms with Crippen LogP contribution in [0, 0.1) is 0 Å². The summed E-state index contributed by atoms with van der Waals surface area (Å²) in [6.45, 7) is 5.11. The van der Waals surface area contributed by atoms with Gasteiger partial charge in [-0.15, -0.1) is 0 Å². The first-order valence-electron chi connectivity index (χ1n) is 9.34. The van der Waals surface area contributed by atoms with Gasteiger partial charge in [-0.3, -0.25) is 14.9 Å². The number of carbonyl (C=O) groups excluding carboxylic acids is 2. The number of urea groups is 1. The van der Waals surface area contributed by atoms with Crippen LogP contribution in [0.4, 0.5) is 9.59 Å². The first kappa shape index (κ1) is 22.0. The van der Waals surface area contributed by atoms with Gasteiger partial charge in [0.2, 0.25) is 10.0 Å². The highest BCUT2D eigenvalue weighted by Gasteiger charge is 2.50. The SMILES string of the molecule is CN=C(CCS(=O)(=O)NC(=O)OC(C)(C)C)[C@@H]1c2c(cnn2C)[C@@H]2CN1C(=O)N2O. The number of aromatic nitrogens is 2. The van der Waals surface area contributed by atoms with E-state index in [0.29, 0.717) is 22.0 Å². The Morgan fingerprint density at radius 3 is 2.70 bits per heavy atom. The molecule has 1 aromatic heterocycles. The van der Waals surface area contributed by atoms with E-state index in [4.69, 9.17) is 4.74 Å². The fraction of sp³-hybridized carbons (Fsp3) is 0.647. The number of hydroxylamine groups is 2. The van der Waals surface area contributed by atoms with Crippen LogP contribution in [-0.4, -0.2) is 76.2 Å². The third kappa shape index (κ3) is 4.12. The highest BCUT2D eigenvalue weighted by molar-refractivity contribution is 7.90. The molecule has 2 atom stereocenters. The van der Waals surface area contributed by atoms with E-state index < -0.39 is 45.6 Å². The van der Waals surface area contributed by atoms with Crippen LogP contribution in [0.5, 0.6) is 0 Å². The summed E-state index contributed by atoms with van der Waals surface area (Å²) in [7, 11) is -0.791. The summed E-state index contributed by atoms with van der Waals surface area (Å²) < 4.78 is 33.2. The van der Waals surface area contributed by atoms with Crippen LogP contribution in [0.15, 0.2) is 11.2 Å². The Morgan fingerprint density at radius 2 is 2.10 bits per heavy atom. The predicted molar refractivity (Wildman–Crippen MR) is 106 cm³/mol. The quantitative estimate of drug-likeness (QED) is 0.510. The minimum atomic E-state index is -4.00. The molecule has 0 aliphatic carbocycles. The van der Waals surface area contributed by atoms with Crippen molar-refractivity contribution in [1.82, 2.24) is 24.5 Å². The van der Waals surface area contributed by atoms with Gasteiger partial charge in [-0.05, 0) is 20.8 Å². The lowest BCUT2D eigenvalue weighted by molar-refractivity contribution is -0.0586. The smallest absolute Gasteiger partial charge is 0.421 e. The lowest BCUT2D eigenvalue weighted by Crippen LogP contribution is -2.41. The number of ether oxygens (including phenoxy) is 1. The molecule has 0 spiro atoms. The highest BCUT2D eigenvalue weighted by Crippen LogP contribution is 2.43. The van der Waals surface area contributed by atoms with Crippen LogP contribution in [0.25, 0.3) is 0 Å². The number of rotatable bonds is 5. The van der Waals surface area contributed by atoms with Crippen molar-refractivity contribution in [2.24, 2.45) is 12.0 Å². The molecule has 3 heterocycles. The van der Waals surface area contributed by atoms with Crippen molar-refractivity contribution in [3.8, 4) is 0 Å². The van der Waals surface area contributed by atoms with Gasteiger partial charge in [-0.25, -0.2) is 22.7 Å². The van der Waals surface area contributed by atoms with E-state index in [-0.39, 0.29) is 13.0 Å². The summed E-state index contributed by atoms with van der Waals surface area (Å²) in [4.78, 5) is 30.0. The number of aryl methyl sites for hydroxylation is 1. The maximum absolute atomic E-state index is 12.5. The van der Waals surface area contributed by atoms with Gasteiger partial charge >= 0.3 is 12.1 Å². The lowest BCUT2D eigenvalue weighted by atomic mass is 9.94. The van der Waals surface area contributed by atoms with E-state index in [1.165, 1.54) is 11.9 Å². The van der Waals surface area contributed by atoms with Gasteiger partial charge in [0.25, 0.3) is 0 Å². The maximum atomic E-state index is 12.5. The van der Waals surface area contributed by atoms with Crippen molar-refractivity contribution in [3.63, 3.8) is 0 Å². The van der Waals surface area contributed by atoms with E-state index in [0.717, 1.165) is 0 Å². The zero-order chi connectivity index (χ0) is 22.4. The molecular formula is C17H26N6O6S. The molecule has 1 fully saturated rings. The van der Waals surface area contributed by atoms with E-state index in [2.05, 4.69) is 10.1 Å². The first-order valence-corrected chi connectivity index (χ1v) is 11.0. The van der Waals surface area contributed by atoms with Gasteiger partial charge in [0.1, 0.15) is 17.7 Å². The number of hydrogen-bond acceptors (Lipinski definition) is 8. The third-order valence-electron chi connectivity index (χ3n) is 4.92. The number of carbonyl (C=O) groups is 2. The molecule has 30 heavy (non-hydrogen) atoms. The molecule has 2 bridgehead atoms. The second-order valence-corrected chi connectivity index (χ2v) is 10.0. The summed E-state index contributed by atoms with van der Waals surface area (Å²) >= 11 is 0. The Kier molecular flexibility index (Phi) is 5.54. The second-order valence-electron chi connectivity index (χ2n) is 8.19. The number of fused-ring (bicyclic) bond motifs is 4. The van der Waals surface area contributed by atoms with Crippen molar-refractivity contribution in [3.05, 3.63) is 17.5 Å². The van der Waals surface area contributed by atoms with Crippen LogP contribution >= 0.6 is 0 Å². The lowest BCUT2D eigenvalue weighted by Gasteiger charge is -2.32. The zero-order valence-corrected chi connectivity index (χ0v) is 18.3. The van der Waals surface area contributed by atoms with E-state index in [9.17, 15) is 23.2 Å². The number of nitrogens with zero attached hydrogens (tertiary/aromatic N) is 5. The molecule has 2 aliphatic rings. The Morgan fingerprint density at radius 1 is 1.43 bits per heavy atom. The van der Waals surface area contributed by atoms with Crippen molar-refractivity contribution >= 4 is 27.9 Å². The Balaban J connectivity index is 1.79. The number of nitrogens with one attached hydrogen (secondary N) is 1. The van der Waals surface area contributed by atoms with Gasteiger partial charge in [0.05, 0.1) is 24.2 Å². The van der Waals surface area contributed by atoms with Crippen molar-refractivity contribution in [2.75, 3.05) is 19.3 Å². The molecule has 13 heteroatoms. The van der Waals surface area contributed by atoms with Crippen LogP contribution in [0.2, 0.25) is 0 Å². The molecule has 1 saturated heterocycles. The molecule has 3 rings (SSSR count). The van der Waals surface area contributed by atoms with Crippen LogP contribution in [-0.2, 0) is 21.8 Å². The molecule has 12 nitrogen and oxygen atoms in total. The molecule has 166 valence electrons. The fourth-order valence-corrected chi connectivity index (χ4v) is 4.56. The standard InChI is InChI=1S/C17H26N6O6S/c1-17(2,3)29-15(24)20-30(27,28)7-6-11(18-4)14-13-10(8-19-21(13)5)12-9-22(14)16(25)23(12)26/h8,12,14,26H,6-7,9H2,1-5H3,(H,20,24)/t12-,14+/m0/s1. The van der Waals surface area contributed by atoms with Gasteiger partial charge < -0.3 is 9.64 Å². The average Bonchev–Trinajstić information content (AvgIpc) is 3.10. The van der Waals surface area contributed by atoms with E-state index in [1.807, 2.05) is 4.72 Å². The van der Waals surface area contributed by atoms with Gasteiger partial charge in [0.15, 0.2) is 0 Å². The first-order chi connectivity index (χ1) is 13.8. The van der Waals surface area contributed by atoms with Crippen molar-refractivity contribution < 1.29 is 28.0 Å². The summed E-state index contributed by atoms with van der Waals surface area (Å²) in [6.07, 6.45) is 0.488. The largest absolute Gasteiger partial charge is 0.443 e. The van der Waals surface area contributed by atoms with E-state index in [1.54, 1.807) is 38.7 Å². The second kappa shape index (κ2) is 7.54. The van der Waals surface area contributed by atoms with Gasteiger partial charge in [-0.2, -0.15) is 10.2 Å². The topological polar surface area (TPSA) is 146 Å². The molecule has 2 N–H and O–H groups in total. The molecule has 3 amide bonds. The molecular weight excluding hydrogens is 416 g/mol. The Labute approximate surface area is 174 Å². The third-order valence-corrected chi connectivity index (χ3v) is 6.14. The predicted octanol–water partition coefficient (Wildman–Crippen LogP) is 0.958. The number of sulfonamides is 1. The molecule has 0 saturated carbocycles. The van der Waals surface area contributed by atoms with Crippen LogP contribution in [0.1, 0.15) is 50.5 Å². The molecule has 1 aromatic rings. The minimum Gasteiger partial charge on any atom is -0.443 e. The molecule has 0 aromatic carbocycles. The molecule has 2 aliphatic heterocycles. The summed E-state index contributed by atoms with van der Waals surface area (Å²) in [5.41, 5.74) is 0.921.